The fourth-order valence-corrected chi connectivity index (χ4v) is 4.86. The van der Waals surface area contributed by atoms with Gasteiger partial charge in [-0.2, -0.15) is 215 Å². The standard InChI is InChI=1S/C12HF25O3S.2C10H10F12O.Na.H2O/c13-1(14,3(17,18)5(21,22)7(25,26)9(29,30)11(33,34)35)2(15,16)4(19,20)6(23,24)8(27,28)10(31,32)12(36,37)41(38,39)40;2*1-3-5(11,12)7(15,16)9(19,20)23-10(21,22)8(17,18)6(13,14)4-2;;/h(H,38,39,40);2*3-4H2,1-2H3;;1H2/q;;;+1;/p-1. The molecule has 0 aliphatic carbocycles. The predicted molar refractivity (Wildman–Crippen MR) is 176 cm³/mol. The average molecular weight is 1490 g/mol. The van der Waals surface area contributed by atoms with Crippen molar-refractivity contribution >= 4 is 10.1 Å². The van der Waals surface area contributed by atoms with Crippen LogP contribution >= 0.6 is 0 Å². The first-order chi connectivity index (χ1) is 36.7. The summed E-state index contributed by atoms with van der Waals surface area (Å²) in [5, 5.41) is -8.33. The van der Waals surface area contributed by atoms with Gasteiger partial charge < -0.3 is 10.0 Å². The molecule has 0 amide bonds. The maximum absolute atomic E-state index is 13.5. The summed E-state index contributed by atoms with van der Waals surface area (Å²) in [6.45, 7) is 1.06. The quantitative estimate of drug-likeness (QED) is 0.0463. The van der Waals surface area contributed by atoms with Gasteiger partial charge in [-0.3, -0.25) is 0 Å². The molecular weight excluding hydrogens is 1470 g/mol. The van der Waals surface area contributed by atoms with Gasteiger partial charge in [0.25, 0.3) is 0 Å². The number of ether oxygens (including phenoxy) is 2. The third-order valence-electron chi connectivity index (χ3n) is 10.2. The summed E-state index contributed by atoms with van der Waals surface area (Å²) in [6, 6.07) is 0. The molecule has 0 aromatic heterocycles. The largest absolute Gasteiger partial charge is 1.00 e. The van der Waals surface area contributed by atoms with E-state index in [1.807, 2.05) is 0 Å². The third-order valence-corrected chi connectivity index (χ3v) is 11.1. The minimum Gasteiger partial charge on any atom is -0.743 e. The normalized spacial score (nSPS) is 16.2. The van der Waals surface area contributed by atoms with E-state index in [1.165, 1.54) is 0 Å². The minimum absolute atomic E-state index is 0. The van der Waals surface area contributed by atoms with Crippen molar-refractivity contribution in [3.8, 4) is 0 Å². The van der Waals surface area contributed by atoms with Crippen molar-refractivity contribution in [2.75, 3.05) is 0 Å². The Kier molecular flexibility index (Phi) is 27.6. The molecule has 0 radical (unpaired) electrons. The first-order valence-electron chi connectivity index (χ1n) is 19.8. The summed E-state index contributed by atoms with van der Waals surface area (Å²) in [6.07, 6.45) is -43.6. The average Bonchev–Trinajstić information content (AvgIpc) is 3.29. The van der Waals surface area contributed by atoms with E-state index in [4.69, 9.17) is 0 Å². The van der Waals surface area contributed by atoms with E-state index in [1.54, 1.807) is 9.47 Å². The SMILES string of the molecule is CCC(F)(F)C(F)(F)C(F)(F)OC(F)(F)C(F)(F)C(F)(F)CC.CCC(F)(F)C(F)(F)C(F)(F)OC(F)(F)C(F)(F)C(F)(F)CC.O.O=S(=O)([O-])C(F)(F)C(F)(F)C(F)(F)C(F)(F)C(F)(F)C(F)(F)C(F)(F)C(F)(F)C(F)(F)C(F)(F)C(F)(F)C(F)(F)F.[Na+]. The molecule has 0 unspecified atom stereocenters. The summed E-state index contributed by atoms with van der Waals surface area (Å²) in [4.78, 5) is 0. The minimum atomic E-state index is -9.77. The van der Waals surface area contributed by atoms with Crippen LogP contribution in [-0.2, 0) is 19.6 Å². The number of hydrogen-bond acceptors (Lipinski definition) is 5. The molecule has 536 valence electrons. The van der Waals surface area contributed by atoms with Crippen molar-refractivity contribution < 1.29 is 273 Å². The molecular formula is C32H22F49NaO6S. The molecule has 89 heavy (non-hydrogen) atoms. The molecule has 0 saturated carbocycles. The van der Waals surface area contributed by atoms with Crippen molar-refractivity contribution in [2.24, 2.45) is 0 Å². The van der Waals surface area contributed by atoms with Crippen LogP contribution in [0.3, 0.4) is 0 Å². The van der Waals surface area contributed by atoms with Crippen molar-refractivity contribution in [1.82, 2.24) is 0 Å². The Bertz CT molecular complexity index is 2280. The zero-order chi connectivity index (χ0) is 72.7. The summed E-state index contributed by atoms with van der Waals surface area (Å²) in [5.41, 5.74) is 0. The van der Waals surface area contributed by atoms with E-state index in [2.05, 4.69) is 0 Å². The van der Waals surface area contributed by atoms with Crippen molar-refractivity contribution in [3.05, 3.63) is 0 Å². The summed E-state index contributed by atoms with van der Waals surface area (Å²) in [5.74, 6) is -143. The van der Waals surface area contributed by atoms with E-state index >= 15 is 0 Å². The van der Waals surface area contributed by atoms with Gasteiger partial charge in [-0.25, -0.2) is 17.9 Å². The van der Waals surface area contributed by atoms with Crippen molar-refractivity contribution in [1.29, 1.82) is 0 Å². The molecule has 0 aliphatic rings. The first-order valence-corrected chi connectivity index (χ1v) is 21.2. The second-order valence-corrected chi connectivity index (χ2v) is 17.4. The van der Waals surface area contributed by atoms with Gasteiger partial charge in [0.05, 0.1) is 0 Å². The van der Waals surface area contributed by atoms with Crippen LogP contribution < -0.4 is 29.6 Å². The van der Waals surface area contributed by atoms with E-state index < -0.39 is 178 Å². The smallest absolute Gasteiger partial charge is 0.743 e. The monoisotopic (exact) mass is 1490 g/mol. The second-order valence-electron chi connectivity index (χ2n) is 16.0. The van der Waals surface area contributed by atoms with Crippen molar-refractivity contribution in [2.45, 2.75) is 196 Å². The molecule has 0 fully saturated rings. The Morgan fingerprint density at radius 1 is 0.247 bits per heavy atom. The Balaban J connectivity index is -0.000000420. The van der Waals surface area contributed by atoms with Gasteiger partial charge in [0.2, 0.25) is 0 Å². The maximum Gasteiger partial charge on any atom is 1.00 e. The Morgan fingerprint density at radius 2 is 0.371 bits per heavy atom. The van der Waals surface area contributed by atoms with Gasteiger partial charge in [0.1, 0.15) is 0 Å². The molecule has 0 heterocycles. The van der Waals surface area contributed by atoms with Gasteiger partial charge in [0.15, 0.2) is 10.1 Å². The van der Waals surface area contributed by atoms with E-state index in [0.29, 0.717) is 0 Å². The second kappa shape index (κ2) is 25.8. The Hall–Kier alpha value is -2.64. The van der Waals surface area contributed by atoms with Crippen LogP contribution in [0.25, 0.3) is 0 Å². The van der Waals surface area contributed by atoms with Gasteiger partial charge in [-0.05, 0) is 0 Å². The molecule has 6 nitrogen and oxygen atoms in total. The zero-order valence-electron chi connectivity index (χ0n) is 41.3. The van der Waals surface area contributed by atoms with Crippen LogP contribution in [0, 0.1) is 0 Å². The predicted octanol–water partition coefficient (Wildman–Crippen LogP) is 14.3. The van der Waals surface area contributed by atoms with E-state index in [-0.39, 0.29) is 62.7 Å². The van der Waals surface area contributed by atoms with Crippen LogP contribution in [0.15, 0.2) is 0 Å². The molecule has 0 bridgehead atoms. The van der Waals surface area contributed by atoms with Crippen LogP contribution in [0.2, 0.25) is 0 Å². The molecule has 0 saturated heterocycles. The number of alkyl halides is 49. The molecule has 57 heteroatoms. The third kappa shape index (κ3) is 14.6. The van der Waals surface area contributed by atoms with Gasteiger partial charge in [0, 0.05) is 25.7 Å². The summed E-state index contributed by atoms with van der Waals surface area (Å²) >= 11 is 0. The van der Waals surface area contributed by atoms with Crippen LogP contribution in [0.1, 0.15) is 53.4 Å². The fraction of sp³-hybridized carbons (Fsp3) is 1.00. The Labute approximate surface area is 478 Å². The van der Waals surface area contributed by atoms with Gasteiger partial charge in [-0.1, -0.05) is 27.7 Å². The summed E-state index contributed by atoms with van der Waals surface area (Å²) < 4.78 is 668. The van der Waals surface area contributed by atoms with Gasteiger partial charge in [-0.15, -0.1) is 0 Å². The van der Waals surface area contributed by atoms with Crippen LogP contribution in [0.5, 0.6) is 0 Å². The van der Waals surface area contributed by atoms with Crippen molar-refractivity contribution in [3.63, 3.8) is 0 Å². The molecule has 0 aromatic carbocycles. The molecule has 0 spiro atoms. The fourth-order valence-electron chi connectivity index (χ4n) is 4.41. The number of hydrogen-bond donors (Lipinski definition) is 0. The summed E-state index contributed by atoms with van der Waals surface area (Å²) in [7, 11) is -8.49. The van der Waals surface area contributed by atoms with E-state index in [0.717, 1.165) is 0 Å². The van der Waals surface area contributed by atoms with E-state index in [9.17, 15) is 228 Å². The molecule has 0 rings (SSSR count). The molecule has 0 atom stereocenters. The molecule has 2 N–H and O–H groups in total. The Morgan fingerprint density at radius 3 is 0.483 bits per heavy atom. The number of rotatable bonds is 27. The zero-order valence-corrected chi connectivity index (χ0v) is 44.1. The van der Waals surface area contributed by atoms with Crippen LogP contribution in [0.4, 0.5) is 215 Å². The maximum atomic E-state index is 13.5. The van der Waals surface area contributed by atoms with Crippen LogP contribution in [-0.4, -0.2) is 161 Å². The topological polar surface area (TPSA) is 107 Å². The van der Waals surface area contributed by atoms with Gasteiger partial charge >= 0.3 is 172 Å². The number of halogens is 49. The molecule has 0 aromatic rings. The first kappa shape index (κ1) is 95.1. The molecule has 0 aliphatic heterocycles.